The fraction of sp³-hybridized carbons (Fsp3) is 0.650. The zero-order valence-corrected chi connectivity index (χ0v) is 17.2. The van der Waals surface area contributed by atoms with Crippen molar-refractivity contribution in [3.63, 3.8) is 0 Å². The molecule has 0 unspecified atom stereocenters. The van der Waals surface area contributed by atoms with E-state index in [4.69, 9.17) is 14.2 Å². The summed E-state index contributed by atoms with van der Waals surface area (Å²) < 4.78 is 16.6. The van der Waals surface area contributed by atoms with E-state index in [0.29, 0.717) is 43.8 Å². The average Bonchev–Trinajstić information content (AvgIpc) is 2.61. The van der Waals surface area contributed by atoms with Crippen molar-refractivity contribution in [2.24, 2.45) is 0 Å². The van der Waals surface area contributed by atoms with Crippen molar-refractivity contribution in [2.45, 2.75) is 64.2 Å². The number of aryl methyl sites for hydroxylation is 1. The summed E-state index contributed by atoms with van der Waals surface area (Å²) in [4.78, 5) is 30.5. The van der Waals surface area contributed by atoms with Crippen LogP contribution in [0.5, 0.6) is 5.75 Å². The average molecular weight is 391 g/mol. The number of alkyl carbamates (subject to hydrolysis) is 1. The number of nitrogens with one attached hydrogen (secondary N) is 1. The number of hydrogen-bond acceptors (Lipinski definition) is 6. The first-order chi connectivity index (χ1) is 13.1. The fourth-order valence-corrected chi connectivity index (χ4v) is 3.74. The van der Waals surface area contributed by atoms with Gasteiger partial charge in [0.1, 0.15) is 22.6 Å². The topological polar surface area (TPSA) is 90.0 Å². The molecule has 154 valence electrons. The van der Waals surface area contributed by atoms with Crippen LogP contribution in [0, 0.1) is 6.92 Å². The Bertz CT molecular complexity index is 751. The van der Waals surface area contributed by atoms with Gasteiger partial charge in [-0.05, 0) is 39.8 Å². The third-order valence-electron chi connectivity index (χ3n) is 5.06. The molecule has 2 aliphatic heterocycles. The zero-order chi connectivity index (χ0) is 20.5. The van der Waals surface area contributed by atoms with Crippen molar-refractivity contribution in [1.29, 1.82) is 0 Å². The van der Waals surface area contributed by atoms with Gasteiger partial charge in [-0.15, -0.1) is 0 Å². The van der Waals surface area contributed by atoms with E-state index in [1.807, 2.05) is 39.8 Å². The number of ether oxygens (including phenoxy) is 3. The number of piperidine rings is 1. The second-order valence-electron chi connectivity index (χ2n) is 8.48. The highest BCUT2D eigenvalue weighted by Gasteiger charge is 2.45. The van der Waals surface area contributed by atoms with Gasteiger partial charge in [0.25, 0.3) is 0 Å². The number of nitrogens with zero attached hydrogens (tertiary/aromatic N) is 2. The molecule has 8 nitrogen and oxygen atoms in total. The van der Waals surface area contributed by atoms with Gasteiger partial charge in [-0.25, -0.2) is 9.59 Å². The van der Waals surface area contributed by atoms with Crippen LogP contribution in [-0.4, -0.2) is 53.5 Å². The maximum Gasteiger partial charge on any atom is 0.409 e. The molecule has 3 heterocycles. The first kappa shape index (κ1) is 20.2. The van der Waals surface area contributed by atoms with E-state index >= 15 is 0 Å². The highest BCUT2D eigenvalue weighted by molar-refractivity contribution is 5.69. The maximum atomic E-state index is 12.4. The standard InChI is InChI=1S/C20H29N3O5/c1-13-6-7-15-16(21-13)14(22-17(24)28-19(2,3)4)12-20(27-15)8-10-23(11-9-20)18(25)26-5/h6-7,14H,8-12H2,1-5H3,(H,22,24)/t14-/m0/s1. The second kappa shape index (κ2) is 7.48. The zero-order valence-electron chi connectivity index (χ0n) is 17.2. The number of hydrogen-bond donors (Lipinski definition) is 1. The minimum Gasteiger partial charge on any atom is -0.485 e. The highest BCUT2D eigenvalue weighted by atomic mass is 16.6. The minimum absolute atomic E-state index is 0.317. The van der Waals surface area contributed by atoms with Gasteiger partial charge in [0.2, 0.25) is 0 Å². The number of carbonyl (C=O) groups excluding carboxylic acids is 2. The van der Waals surface area contributed by atoms with E-state index in [1.54, 1.807) is 4.90 Å². The molecule has 0 aliphatic carbocycles. The van der Waals surface area contributed by atoms with E-state index in [9.17, 15) is 9.59 Å². The van der Waals surface area contributed by atoms with Crippen LogP contribution in [0.3, 0.4) is 0 Å². The molecule has 1 spiro atoms. The molecule has 1 saturated heterocycles. The van der Waals surface area contributed by atoms with E-state index in [-0.39, 0.29) is 12.1 Å². The van der Waals surface area contributed by atoms with E-state index in [1.165, 1.54) is 7.11 Å². The number of fused-ring (bicyclic) bond motifs is 1. The van der Waals surface area contributed by atoms with E-state index in [0.717, 1.165) is 5.69 Å². The third kappa shape index (κ3) is 4.48. The summed E-state index contributed by atoms with van der Waals surface area (Å²) in [7, 11) is 1.38. The van der Waals surface area contributed by atoms with Gasteiger partial charge in [-0.3, -0.25) is 4.98 Å². The lowest BCUT2D eigenvalue weighted by atomic mass is 9.82. The molecule has 1 atom stereocenters. The van der Waals surface area contributed by atoms with Gasteiger partial charge in [-0.2, -0.15) is 0 Å². The summed E-state index contributed by atoms with van der Waals surface area (Å²) in [6.45, 7) is 8.48. The minimum atomic E-state index is -0.582. The lowest BCUT2D eigenvalue weighted by Crippen LogP contribution is -2.53. The van der Waals surface area contributed by atoms with E-state index in [2.05, 4.69) is 10.3 Å². The number of likely N-dealkylation sites (tertiary alicyclic amines) is 1. The van der Waals surface area contributed by atoms with Crippen LogP contribution in [0.15, 0.2) is 12.1 Å². The molecule has 1 aromatic rings. The van der Waals surface area contributed by atoms with Crippen LogP contribution in [0.25, 0.3) is 0 Å². The highest BCUT2D eigenvalue weighted by Crippen LogP contribution is 2.43. The van der Waals surface area contributed by atoms with Crippen molar-refractivity contribution in [3.8, 4) is 5.75 Å². The molecular weight excluding hydrogens is 362 g/mol. The van der Waals surface area contributed by atoms with Gasteiger partial charge in [0, 0.05) is 38.0 Å². The molecule has 0 radical (unpaired) electrons. The Morgan fingerprint density at radius 3 is 2.57 bits per heavy atom. The number of pyridine rings is 1. The maximum absolute atomic E-state index is 12.4. The SMILES string of the molecule is COC(=O)N1CCC2(CC1)C[C@H](NC(=O)OC(C)(C)C)c1nc(C)ccc1O2. The van der Waals surface area contributed by atoms with Crippen LogP contribution in [0.1, 0.15) is 57.5 Å². The predicted molar refractivity (Wildman–Crippen MR) is 102 cm³/mol. The summed E-state index contributed by atoms with van der Waals surface area (Å²) in [6, 6.07) is 3.48. The summed E-state index contributed by atoms with van der Waals surface area (Å²) in [5.74, 6) is 0.671. The fourth-order valence-electron chi connectivity index (χ4n) is 3.74. The number of amides is 2. The Morgan fingerprint density at radius 2 is 1.96 bits per heavy atom. The third-order valence-corrected chi connectivity index (χ3v) is 5.06. The molecule has 1 N–H and O–H groups in total. The molecule has 3 rings (SSSR count). The van der Waals surface area contributed by atoms with Crippen molar-refractivity contribution >= 4 is 12.2 Å². The van der Waals surface area contributed by atoms with Gasteiger partial charge in [-0.1, -0.05) is 0 Å². The molecule has 28 heavy (non-hydrogen) atoms. The molecule has 1 fully saturated rings. The largest absolute Gasteiger partial charge is 0.485 e. The Balaban J connectivity index is 1.81. The molecule has 8 heteroatoms. The van der Waals surface area contributed by atoms with Crippen LogP contribution >= 0.6 is 0 Å². The van der Waals surface area contributed by atoms with Crippen LogP contribution < -0.4 is 10.1 Å². The first-order valence-electron chi connectivity index (χ1n) is 9.60. The summed E-state index contributed by atoms with van der Waals surface area (Å²) in [6.07, 6.45) is 1.08. The Morgan fingerprint density at radius 1 is 1.29 bits per heavy atom. The first-order valence-corrected chi connectivity index (χ1v) is 9.60. The molecule has 2 amide bonds. The lowest BCUT2D eigenvalue weighted by molar-refractivity contribution is -0.0252. The lowest BCUT2D eigenvalue weighted by Gasteiger charge is -2.46. The molecular formula is C20H29N3O5. The Labute approximate surface area is 165 Å². The summed E-state index contributed by atoms with van der Waals surface area (Å²) >= 11 is 0. The normalized spacial score (nSPS) is 20.8. The molecule has 0 bridgehead atoms. The van der Waals surface area contributed by atoms with Crippen molar-refractivity contribution < 1.29 is 23.8 Å². The summed E-state index contributed by atoms with van der Waals surface area (Å²) in [5.41, 5.74) is 0.525. The Kier molecular flexibility index (Phi) is 5.41. The summed E-state index contributed by atoms with van der Waals surface area (Å²) in [5, 5.41) is 2.97. The number of methoxy groups -OCH3 is 1. The monoisotopic (exact) mass is 391 g/mol. The molecule has 1 aromatic heterocycles. The predicted octanol–water partition coefficient (Wildman–Crippen LogP) is 3.34. The van der Waals surface area contributed by atoms with Gasteiger partial charge in [0.05, 0.1) is 13.2 Å². The number of aromatic nitrogens is 1. The van der Waals surface area contributed by atoms with Gasteiger partial charge < -0.3 is 24.4 Å². The van der Waals surface area contributed by atoms with Gasteiger partial charge >= 0.3 is 12.2 Å². The van der Waals surface area contributed by atoms with Crippen LogP contribution in [-0.2, 0) is 9.47 Å². The number of rotatable bonds is 1. The smallest absolute Gasteiger partial charge is 0.409 e. The van der Waals surface area contributed by atoms with Crippen molar-refractivity contribution in [3.05, 3.63) is 23.5 Å². The Hall–Kier alpha value is -2.51. The molecule has 0 saturated carbocycles. The van der Waals surface area contributed by atoms with Crippen molar-refractivity contribution in [2.75, 3.05) is 20.2 Å². The van der Waals surface area contributed by atoms with E-state index < -0.39 is 17.3 Å². The van der Waals surface area contributed by atoms with Crippen molar-refractivity contribution in [1.82, 2.24) is 15.2 Å². The quantitative estimate of drug-likeness (QED) is 0.790. The molecule has 0 aromatic carbocycles. The number of carbonyl (C=O) groups is 2. The second-order valence-corrected chi connectivity index (χ2v) is 8.48. The van der Waals surface area contributed by atoms with Crippen LogP contribution in [0.2, 0.25) is 0 Å². The van der Waals surface area contributed by atoms with Gasteiger partial charge in [0.15, 0.2) is 0 Å². The molecule has 2 aliphatic rings. The van der Waals surface area contributed by atoms with Crippen LogP contribution in [0.4, 0.5) is 9.59 Å².